The molecule has 1 aromatic carbocycles. The SMILES string of the molecule is Cc1c[nH]c(=S)c(C(=O)Nc2c(Cl)cccc2Cl)c1. The molecule has 98 valence electrons. The molecule has 3 nitrogen and oxygen atoms in total. The van der Waals surface area contributed by atoms with Crippen LogP contribution >= 0.6 is 35.4 Å². The molecule has 0 atom stereocenters. The lowest BCUT2D eigenvalue weighted by molar-refractivity contribution is 0.102. The van der Waals surface area contributed by atoms with Crippen molar-refractivity contribution in [2.24, 2.45) is 0 Å². The van der Waals surface area contributed by atoms with Gasteiger partial charge in [-0.2, -0.15) is 0 Å². The van der Waals surface area contributed by atoms with Crippen LogP contribution in [0.2, 0.25) is 10.0 Å². The Bertz CT molecular complexity index is 677. The maximum Gasteiger partial charge on any atom is 0.258 e. The minimum Gasteiger partial charge on any atom is -0.352 e. The second-order valence-electron chi connectivity index (χ2n) is 3.97. The third-order valence-electron chi connectivity index (χ3n) is 2.49. The standard InChI is InChI=1S/C13H10Cl2N2OS/c1-7-5-8(13(19)16-6-7)12(18)17-11-9(14)3-2-4-10(11)15/h2-6H,1H3,(H,16,19)(H,17,18). The van der Waals surface area contributed by atoms with Crippen molar-refractivity contribution in [2.75, 3.05) is 5.32 Å². The van der Waals surface area contributed by atoms with Crippen LogP contribution < -0.4 is 5.32 Å². The van der Waals surface area contributed by atoms with Crippen molar-refractivity contribution in [3.63, 3.8) is 0 Å². The lowest BCUT2D eigenvalue weighted by Gasteiger charge is -2.09. The first-order valence-corrected chi connectivity index (χ1v) is 6.60. The van der Waals surface area contributed by atoms with Crippen LogP contribution in [0.5, 0.6) is 0 Å². The first-order chi connectivity index (χ1) is 8.99. The molecule has 0 bridgehead atoms. The van der Waals surface area contributed by atoms with E-state index in [0.717, 1.165) is 5.56 Å². The molecule has 1 aromatic heterocycles. The number of nitrogens with one attached hydrogen (secondary N) is 2. The van der Waals surface area contributed by atoms with E-state index in [9.17, 15) is 4.79 Å². The van der Waals surface area contributed by atoms with Gasteiger partial charge in [0.25, 0.3) is 5.91 Å². The van der Waals surface area contributed by atoms with Gasteiger partial charge in [0.2, 0.25) is 0 Å². The Morgan fingerprint density at radius 1 is 1.32 bits per heavy atom. The van der Waals surface area contributed by atoms with Crippen molar-refractivity contribution in [3.8, 4) is 0 Å². The second kappa shape index (κ2) is 5.74. The number of aryl methyl sites for hydroxylation is 1. The Labute approximate surface area is 125 Å². The van der Waals surface area contributed by atoms with Crippen LogP contribution in [0, 0.1) is 11.6 Å². The molecule has 0 aliphatic carbocycles. The number of H-pyrrole nitrogens is 1. The number of carbonyl (C=O) groups is 1. The van der Waals surface area contributed by atoms with Gasteiger partial charge in [0, 0.05) is 6.20 Å². The molecule has 0 aliphatic rings. The summed E-state index contributed by atoms with van der Waals surface area (Å²) in [5.41, 5.74) is 1.67. The molecule has 0 unspecified atom stereocenters. The third kappa shape index (κ3) is 3.15. The van der Waals surface area contributed by atoms with Crippen LogP contribution in [0.25, 0.3) is 0 Å². The molecule has 0 spiro atoms. The van der Waals surface area contributed by atoms with Crippen LogP contribution in [-0.4, -0.2) is 10.9 Å². The van der Waals surface area contributed by atoms with Crippen molar-refractivity contribution in [1.82, 2.24) is 4.98 Å². The Morgan fingerprint density at radius 2 is 1.95 bits per heavy atom. The molecular weight excluding hydrogens is 303 g/mol. The summed E-state index contributed by atoms with van der Waals surface area (Å²) in [6.07, 6.45) is 1.74. The number of hydrogen-bond donors (Lipinski definition) is 2. The number of benzene rings is 1. The quantitative estimate of drug-likeness (QED) is 0.795. The summed E-state index contributed by atoms with van der Waals surface area (Å²) >= 11 is 17.1. The van der Waals surface area contributed by atoms with Gasteiger partial charge in [0.15, 0.2) is 0 Å². The number of rotatable bonds is 2. The zero-order valence-corrected chi connectivity index (χ0v) is 12.3. The molecule has 0 radical (unpaired) electrons. The van der Waals surface area contributed by atoms with Gasteiger partial charge in [-0.15, -0.1) is 0 Å². The van der Waals surface area contributed by atoms with E-state index in [1.807, 2.05) is 6.92 Å². The maximum atomic E-state index is 12.2. The zero-order valence-electron chi connectivity index (χ0n) is 9.96. The molecule has 2 aromatic rings. The first-order valence-electron chi connectivity index (χ1n) is 5.43. The van der Waals surface area contributed by atoms with E-state index in [-0.39, 0.29) is 5.91 Å². The van der Waals surface area contributed by atoms with Crippen LogP contribution in [0.1, 0.15) is 15.9 Å². The van der Waals surface area contributed by atoms with E-state index >= 15 is 0 Å². The Kier molecular flexibility index (Phi) is 4.24. The highest BCUT2D eigenvalue weighted by molar-refractivity contribution is 7.71. The fourth-order valence-electron chi connectivity index (χ4n) is 1.56. The molecule has 0 saturated carbocycles. The lowest BCUT2D eigenvalue weighted by Crippen LogP contribution is -2.14. The summed E-state index contributed by atoms with van der Waals surface area (Å²) in [5.74, 6) is -0.347. The predicted molar refractivity (Wildman–Crippen MR) is 80.8 cm³/mol. The molecule has 1 heterocycles. The fourth-order valence-corrected chi connectivity index (χ4v) is 2.26. The molecule has 19 heavy (non-hydrogen) atoms. The Hall–Kier alpha value is -1.36. The van der Waals surface area contributed by atoms with Crippen LogP contribution in [0.3, 0.4) is 0 Å². The lowest BCUT2D eigenvalue weighted by atomic mass is 10.2. The second-order valence-corrected chi connectivity index (χ2v) is 5.19. The van der Waals surface area contributed by atoms with Crippen molar-refractivity contribution < 1.29 is 4.79 Å². The largest absolute Gasteiger partial charge is 0.352 e. The van der Waals surface area contributed by atoms with Gasteiger partial charge in [0.1, 0.15) is 4.64 Å². The summed E-state index contributed by atoms with van der Waals surface area (Å²) in [5, 5.41) is 3.43. The smallest absolute Gasteiger partial charge is 0.258 e. The Balaban J connectivity index is 2.36. The predicted octanol–water partition coefficient (Wildman–Crippen LogP) is 4.61. The molecular formula is C13H10Cl2N2OS. The average molecular weight is 313 g/mol. The van der Waals surface area contributed by atoms with Gasteiger partial charge in [0.05, 0.1) is 21.3 Å². The molecule has 2 N–H and O–H groups in total. The van der Waals surface area contributed by atoms with Gasteiger partial charge in [-0.1, -0.05) is 41.5 Å². The van der Waals surface area contributed by atoms with Crippen molar-refractivity contribution in [3.05, 3.63) is 56.3 Å². The van der Waals surface area contributed by atoms with Gasteiger partial charge in [-0.05, 0) is 30.7 Å². The van der Waals surface area contributed by atoms with Crippen LogP contribution in [0.15, 0.2) is 30.5 Å². The van der Waals surface area contributed by atoms with Gasteiger partial charge in [-0.25, -0.2) is 0 Å². The van der Waals surface area contributed by atoms with E-state index < -0.39 is 0 Å². The third-order valence-corrected chi connectivity index (χ3v) is 3.46. The summed E-state index contributed by atoms with van der Waals surface area (Å²) in [4.78, 5) is 15.0. The summed E-state index contributed by atoms with van der Waals surface area (Å²) in [7, 11) is 0. The van der Waals surface area contributed by atoms with E-state index in [1.165, 1.54) is 0 Å². The van der Waals surface area contributed by atoms with Gasteiger partial charge in [-0.3, -0.25) is 4.79 Å². The van der Waals surface area contributed by atoms with Crippen LogP contribution in [-0.2, 0) is 0 Å². The highest BCUT2D eigenvalue weighted by Gasteiger charge is 2.13. The van der Waals surface area contributed by atoms with E-state index in [0.29, 0.717) is 25.9 Å². The van der Waals surface area contributed by atoms with Crippen molar-refractivity contribution >= 4 is 47.0 Å². The molecule has 6 heteroatoms. The maximum absolute atomic E-state index is 12.2. The number of aromatic amines is 1. The van der Waals surface area contributed by atoms with Crippen molar-refractivity contribution in [1.29, 1.82) is 0 Å². The molecule has 1 amide bonds. The zero-order chi connectivity index (χ0) is 14.0. The van der Waals surface area contributed by atoms with E-state index in [2.05, 4.69) is 10.3 Å². The molecule has 0 saturated heterocycles. The number of amides is 1. The molecule has 2 rings (SSSR count). The average Bonchev–Trinajstić information content (AvgIpc) is 2.37. The number of carbonyl (C=O) groups excluding carboxylic acids is 1. The summed E-state index contributed by atoms with van der Waals surface area (Å²) in [6, 6.07) is 6.72. The van der Waals surface area contributed by atoms with E-state index in [4.69, 9.17) is 35.4 Å². The number of pyridine rings is 1. The minimum absolute atomic E-state index is 0.347. The van der Waals surface area contributed by atoms with Gasteiger partial charge >= 0.3 is 0 Å². The van der Waals surface area contributed by atoms with Gasteiger partial charge < -0.3 is 10.3 Å². The number of para-hydroxylation sites is 1. The summed E-state index contributed by atoms with van der Waals surface area (Å²) < 4.78 is 0.367. The first kappa shape index (κ1) is 14.1. The normalized spacial score (nSPS) is 10.3. The minimum atomic E-state index is -0.347. The highest BCUT2D eigenvalue weighted by atomic mass is 35.5. The number of anilines is 1. The number of halogens is 2. The van der Waals surface area contributed by atoms with Crippen molar-refractivity contribution in [2.45, 2.75) is 6.92 Å². The monoisotopic (exact) mass is 312 g/mol. The topological polar surface area (TPSA) is 44.9 Å². The van der Waals surface area contributed by atoms with Crippen LogP contribution in [0.4, 0.5) is 5.69 Å². The van der Waals surface area contributed by atoms with E-state index in [1.54, 1.807) is 30.5 Å². The fraction of sp³-hybridized carbons (Fsp3) is 0.0769. The Morgan fingerprint density at radius 3 is 2.58 bits per heavy atom. The molecule has 0 aliphatic heterocycles. The summed E-state index contributed by atoms with van der Waals surface area (Å²) in [6.45, 7) is 1.87. The molecule has 0 fully saturated rings. The number of hydrogen-bond acceptors (Lipinski definition) is 2. The number of aromatic nitrogens is 1. The highest BCUT2D eigenvalue weighted by Crippen LogP contribution is 2.30.